The number of carbonyl (C=O) groups is 1. The van der Waals surface area contributed by atoms with Gasteiger partial charge >= 0.3 is 0 Å². The monoisotopic (exact) mass is 369 g/mol. The molecule has 0 aliphatic heterocycles. The quantitative estimate of drug-likeness (QED) is 0.691. The van der Waals surface area contributed by atoms with Gasteiger partial charge in [-0.25, -0.2) is 9.50 Å². The number of amides is 1. The van der Waals surface area contributed by atoms with Gasteiger partial charge in [0.2, 0.25) is 11.1 Å². The maximum absolute atomic E-state index is 12.4. The smallest absolute Gasteiger partial charge is 0.253 e. The number of rotatable bonds is 5. The van der Waals surface area contributed by atoms with Crippen LogP contribution in [0.25, 0.3) is 5.78 Å². The number of hydrogen-bond donors (Lipinski definition) is 1. The molecule has 136 valence electrons. The molecule has 0 aliphatic rings. The summed E-state index contributed by atoms with van der Waals surface area (Å²) in [5.74, 6) is 1.09. The second-order valence-corrected chi connectivity index (χ2v) is 7.62. The van der Waals surface area contributed by atoms with Gasteiger partial charge in [-0.05, 0) is 43.9 Å². The van der Waals surface area contributed by atoms with Gasteiger partial charge in [0.05, 0.1) is 5.75 Å². The Labute approximate surface area is 157 Å². The van der Waals surface area contributed by atoms with E-state index in [0.717, 1.165) is 28.2 Å². The summed E-state index contributed by atoms with van der Waals surface area (Å²) in [5.41, 5.74) is 4.99. The van der Waals surface area contributed by atoms with Gasteiger partial charge in [-0.2, -0.15) is 4.98 Å². The Morgan fingerprint density at radius 1 is 1.23 bits per heavy atom. The number of para-hydroxylation sites is 1. The summed E-state index contributed by atoms with van der Waals surface area (Å²) in [6, 6.07) is 8.04. The van der Waals surface area contributed by atoms with Crippen LogP contribution in [0.1, 0.15) is 42.3 Å². The fourth-order valence-electron chi connectivity index (χ4n) is 2.86. The first kappa shape index (κ1) is 18.4. The average molecular weight is 369 g/mol. The van der Waals surface area contributed by atoms with E-state index in [1.165, 1.54) is 11.8 Å². The average Bonchev–Trinajstić information content (AvgIpc) is 2.98. The van der Waals surface area contributed by atoms with Crippen molar-refractivity contribution in [3.05, 3.63) is 46.8 Å². The number of aromatic nitrogens is 4. The highest BCUT2D eigenvalue weighted by Gasteiger charge is 2.14. The molecule has 1 aromatic carbocycles. The summed E-state index contributed by atoms with van der Waals surface area (Å²) in [7, 11) is 0. The lowest BCUT2D eigenvalue weighted by molar-refractivity contribution is -0.113. The molecule has 6 nitrogen and oxygen atoms in total. The molecule has 0 aliphatic carbocycles. The van der Waals surface area contributed by atoms with Crippen LogP contribution in [-0.4, -0.2) is 31.2 Å². The van der Waals surface area contributed by atoms with E-state index in [1.54, 1.807) is 4.52 Å². The standard InChI is InChI=1S/C19H23N5OS/c1-11(2)15-8-6-7-12(3)17(15)21-16(25)10-26-19-22-18-20-13(4)9-14(5)24(18)23-19/h6-9,11H,10H2,1-5H3,(H,21,25). The first-order chi connectivity index (χ1) is 12.3. The van der Waals surface area contributed by atoms with Gasteiger partial charge in [0.25, 0.3) is 5.78 Å². The second-order valence-electron chi connectivity index (χ2n) is 6.68. The van der Waals surface area contributed by atoms with E-state index in [0.29, 0.717) is 16.9 Å². The summed E-state index contributed by atoms with van der Waals surface area (Å²) in [6.45, 7) is 10.1. The highest BCUT2D eigenvalue weighted by Crippen LogP contribution is 2.27. The molecule has 0 fully saturated rings. The van der Waals surface area contributed by atoms with E-state index in [9.17, 15) is 4.79 Å². The van der Waals surface area contributed by atoms with E-state index < -0.39 is 0 Å². The predicted octanol–water partition coefficient (Wildman–Crippen LogP) is 3.90. The van der Waals surface area contributed by atoms with E-state index in [4.69, 9.17) is 0 Å². The Morgan fingerprint density at radius 2 is 2.00 bits per heavy atom. The van der Waals surface area contributed by atoms with Crippen LogP contribution >= 0.6 is 11.8 Å². The normalized spacial score (nSPS) is 11.3. The summed E-state index contributed by atoms with van der Waals surface area (Å²) < 4.78 is 1.70. The van der Waals surface area contributed by atoms with E-state index >= 15 is 0 Å². The predicted molar refractivity (Wildman–Crippen MR) is 105 cm³/mol. The van der Waals surface area contributed by atoms with Crippen LogP contribution in [0.15, 0.2) is 29.4 Å². The number of carbonyl (C=O) groups excluding carboxylic acids is 1. The molecule has 3 aromatic rings. The zero-order valence-corrected chi connectivity index (χ0v) is 16.5. The molecule has 0 unspecified atom stereocenters. The van der Waals surface area contributed by atoms with Crippen molar-refractivity contribution in [3.63, 3.8) is 0 Å². The molecule has 2 heterocycles. The summed E-state index contributed by atoms with van der Waals surface area (Å²) >= 11 is 1.31. The van der Waals surface area contributed by atoms with Gasteiger partial charge in [-0.15, -0.1) is 5.10 Å². The fourth-order valence-corrected chi connectivity index (χ4v) is 3.47. The van der Waals surface area contributed by atoms with Crippen molar-refractivity contribution in [1.82, 2.24) is 19.6 Å². The molecule has 0 radical (unpaired) electrons. The number of aryl methyl sites for hydroxylation is 3. The van der Waals surface area contributed by atoms with Crippen molar-refractivity contribution >= 4 is 29.1 Å². The van der Waals surface area contributed by atoms with Crippen LogP contribution in [0.5, 0.6) is 0 Å². The third kappa shape index (κ3) is 3.88. The van der Waals surface area contributed by atoms with Gasteiger partial charge in [0.15, 0.2) is 0 Å². The molecule has 1 amide bonds. The third-order valence-electron chi connectivity index (χ3n) is 4.12. The molecule has 0 atom stereocenters. The molecule has 7 heteroatoms. The molecule has 26 heavy (non-hydrogen) atoms. The summed E-state index contributed by atoms with van der Waals surface area (Å²) in [6.07, 6.45) is 0. The van der Waals surface area contributed by atoms with Crippen molar-refractivity contribution in [2.24, 2.45) is 0 Å². The minimum absolute atomic E-state index is 0.0640. The Hall–Kier alpha value is -2.41. The van der Waals surface area contributed by atoms with Gasteiger partial charge in [0.1, 0.15) is 0 Å². The topological polar surface area (TPSA) is 72.2 Å². The van der Waals surface area contributed by atoms with Gasteiger partial charge < -0.3 is 5.32 Å². The number of nitrogens with zero attached hydrogens (tertiary/aromatic N) is 4. The lowest BCUT2D eigenvalue weighted by atomic mass is 9.98. The van der Waals surface area contributed by atoms with Crippen molar-refractivity contribution in [2.45, 2.75) is 45.7 Å². The fraction of sp³-hybridized carbons (Fsp3) is 0.368. The molecule has 3 rings (SSSR count). The zero-order chi connectivity index (χ0) is 18.8. The summed E-state index contributed by atoms with van der Waals surface area (Å²) in [4.78, 5) is 21.2. The van der Waals surface area contributed by atoms with E-state index in [-0.39, 0.29) is 11.7 Å². The van der Waals surface area contributed by atoms with Crippen molar-refractivity contribution in [1.29, 1.82) is 0 Å². The third-order valence-corrected chi connectivity index (χ3v) is 4.96. The Balaban J connectivity index is 1.71. The second kappa shape index (κ2) is 7.45. The van der Waals surface area contributed by atoms with Crippen LogP contribution in [0.4, 0.5) is 5.69 Å². The Kier molecular flexibility index (Phi) is 5.27. The summed E-state index contributed by atoms with van der Waals surface area (Å²) in [5, 5.41) is 8.02. The highest BCUT2D eigenvalue weighted by atomic mass is 32.2. The number of anilines is 1. The Morgan fingerprint density at radius 3 is 2.73 bits per heavy atom. The minimum atomic E-state index is -0.0640. The van der Waals surface area contributed by atoms with Crippen LogP contribution in [0, 0.1) is 20.8 Å². The molecular weight excluding hydrogens is 346 g/mol. The number of fused-ring (bicyclic) bond motifs is 1. The molecule has 0 spiro atoms. The highest BCUT2D eigenvalue weighted by molar-refractivity contribution is 7.99. The molecular formula is C19H23N5OS. The van der Waals surface area contributed by atoms with E-state index in [1.807, 2.05) is 39.0 Å². The van der Waals surface area contributed by atoms with Crippen LogP contribution in [-0.2, 0) is 4.79 Å². The Bertz CT molecular complexity index is 964. The lowest BCUT2D eigenvalue weighted by Crippen LogP contribution is -2.16. The van der Waals surface area contributed by atoms with E-state index in [2.05, 4.69) is 40.3 Å². The van der Waals surface area contributed by atoms with Crippen molar-refractivity contribution in [2.75, 3.05) is 11.1 Å². The maximum atomic E-state index is 12.4. The lowest BCUT2D eigenvalue weighted by Gasteiger charge is -2.16. The number of benzene rings is 1. The maximum Gasteiger partial charge on any atom is 0.253 e. The zero-order valence-electron chi connectivity index (χ0n) is 15.7. The van der Waals surface area contributed by atoms with Gasteiger partial charge in [0, 0.05) is 17.1 Å². The molecule has 0 saturated heterocycles. The number of thioether (sulfide) groups is 1. The molecule has 2 aromatic heterocycles. The first-order valence-corrected chi connectivity index (χ1v) is 9.57. The molecule has 0 saturated carbocycles. The van der Waals surface area contributed by atoms with Crippen LogP contribution < -0.4 is 5.32 Å². The number of hydrogen-bond acceptors (Lipinski definition) is 5. The van der Waals surface area contributed by atoms with Gasteiger partial charge in [-0.1, -0.05) is 43.8 Å². The number of nitrogens with one attached hydrogen (secondary N) is 1. The van der Waals surface area contributed by atoms with Crippen LogP contribution in [0.2, 0.25) is 0 Å². The van der Waals surface area contributed by atoms with Crippen molar-refractivity contribution in [3.8, 4) is 0 Å². The van der Waals surface area contributed by atoms with Gasteiger partial charge in [-0.3, -0.25) is 4.79 Å². The molecule has 1 N–H and O–H groups in total. The molecule has 0 bridgehead atoms. The van der Waals surface area contributed by atoms with Crippen LogP contribution in [0.3, 0.4) is 0 Å². The minimum Gasteiger partial charge on any atom is -0.325 e. The SMILES string of the molecule is Cc1cc(C)n2nc(SCC(=O)Nc3c(C)cccc3C(C)C)nc2n1. The first-order valence-electron chi connectivity index (χ1n) is 8.58. The largest absolute Gasteiger partial charge is 0.325 e. The van der Waals surface area contributed by atoms with Crippen molar-refractivity contribution < 1.29 is 4.79 Å².